The molecular weight excluding hydrogens is 312 g/mol. The minimum absolute atomic E-state index is 0.0622. The lowest BCUT2D eigenvalue weighted by molar-refractivity contribution is -0.431. The molecule has 1 aliphatic heterocycles. The molecule has 6 heteroatoms. The summed E-state index contributed by atoms with van der Waals surface area (Å²) in [4.78, 5) is 11.2. The van der Waals surface area contributed by atoms with E-state index in [4.69, 9.17) is 4.74 Å². The minimum atomic E-state index is -0.357. The van der Waals surface area contributed by atoms with Crippen LogP contribution in [0.1, 0.15) is 16.4 Å². The zero-order chi connectivity index (χ0) is 16.2. The Balaban J connectivity index is 1.93. The predicted octanol–water partition coefficient (Wildman–Crippen LogP) is 3.72. The average molecular weight is 328 g/mol. The SMILES string of the molecule is CSC1C([N+](=O)[O-])=C(NCc2ccccc2)Oc2ccccc21. The number of hydrogen-bond donors (Lipinski definition) is 1. The first-order valence-electron chi connectivity index (χ1n) is 7.16. The van der Waals surface area contributed by atoms with E-state index in [-0.39, 0.29) is 21.8 Å². The smallest absolute Gasteiger partial charge is 0.323 e. The van der Waals surface area contributed by atoms with Crippen LogP contribution in [0.3, 0.4) is 0 Å². The zero-order valence-electron chi connectivity index (χ0n) is 12.6. The van der Waals surface area contributed by atoms with Crippen LogP contribution in [0.15, 0.2) is 66.2 Å². The molecule has 0 saturated heterocycles. The van der Waals surface area contributed by atoms with E-state index in [0.29, 0.717) is 12.3 Å². The van der Waals surface area contributed by atoms with Gasteiger partial charge in [0.1, 0.15) is 11.0 Å². The maximum absolute atomic E-state index is 11.6. The van der Waals surface area contributed by atoms with Crippen molar-refractivity contribution < 1.29 is 9.66 Å². The monoisotopic (exact) mass is 328 g/mol. The standard InChI is InChI=1S/C17H16N2O3S/c1-23-16-13-9-5-6-10-14(13)22-17(15(16)19(20)21)18-11-12-7-3-2-4-8-12/h2-10,16,18H,11H2,1H3. The fourth-order valence-electron chi connectivity index (χ4n) is 2.54. The van der Waals surface area contributed by atoms with Gasteiger partial charge in [0.05, 0.1) is 4.92 Å². The van der Waals surface area contributed by atoms with Gasteiger partial charge in [-0.1, -0.05) is 48.5 Å². The molecular formula is C17H16N2O3S. The Bertz CT molecular complexity index is 747. The summed E-state index contributed by atoms with van der Waals surface area (Å²) in [6.07, 6.45) is 1.87. The van der Waals surface area contributed by atoms with Crippen LogP contribution in [0.5, 0.6) is 5.75 Å². The lowest BCUT2D eigenvalue weighted by Crippen LogP contribution is -2.28. The van der Waals surface area contributed by atoms with Crippen LogP contribution >= 0.6 is 11.8 Å². The highest BCUT2D eigenvalue weighted by Crippen LogP contribution is 2.44. The fraction of sp³-hybridized carbons (Fsp3) is 0.176. The van der Waals surface area contributed by atoms with Gasteiger partial charge in [-0.3, -0.25) is 10.1 Å². The third kappa shape index (κ3) is 3.17. The highest BCUT2D eigenvalue weighted by molar-refractivity contribution is 7.99. The quantitative estimate of drug-likeness (QED) is 0.669. The second-order valence-electron chi connectivity index (χ2n) is 5.07. The van der Waals surface area contributed by atoms with E-state index in [1.165, 1.54) is 11.8 Å². The van der Waals surface area contributed by atoms with Crippen molar-refractivity contribution in [2.45, 2.75) is 11.8 Å². The molecule has 0 fully saturated rings. The number of nitrogens with one attached hydrogen (secondary N) is 1. The molecule has 2 aromatic carbocycles. The molecule has 1 heterocycles. The van der Waals surface area contributed by atoms with Gasteiger partial charge in [-0.2, -0.15) is 0 Å². The number of ether oxygens (including phenoxy) is 1. The summed E-state index contributed by atoms with van der Waals surface area (Å²) in [5.41, 5.74) is 1.93. The van der Waals surface area contributed by atoms with Crippen molar-refractivity contribution in [1.29, 1.82) is 0 Å². The average Bonchev–Trinajstić information content (AvgIpc) is 2.59. The third-order valence-corrected chi connectivity index (χ3v) is 4.57. The molecule has 1 atom stereocenters. The zero-order valence-corrected chi connectivity index (χ0v) is 13.4. The molecule has 0 aromatic heterocycles. The molecule has 0 saturated carbocycles. The Morgan fingerprint density at radius 2 is 1.87 bits per heavy atom. The molecule has 1 unspecified atom stereocenters. The number of para-hydroxylation sites is 1. The fourth-order valence-corrected chi connectivity index (χ4v) is 3.41. The number of thioether (sulfide) groups is 1. The summed E-state index contributed by atoms with van der Waals surface area (Å²) >= 11 is 1.43. The molecule has 23 heavy (non-hydrogen) atoms. The van der Waals surface area contributed by atoms with Gasteiger partial charge in [-0.05, 0) is 17.9 Å². The van der Waals surface area contributed by atoms with Gasteiger partial charge in [0, 0.05) is 12.1 Å². The van der Waals surface area contributed by atoms with E-state index < -0.39 is 0 Å². The molecule has 0 bridgehead atoms. The van der Waals surface area contributed by atoms with Crippen LogP contribution in [-0.2, 0) is 6.54 Å². The van der Waals surface area contributed by atoms with Gasteiger partial charge >= 0.3 is 5.70 Å². The van der Waals surface area contributed by atoms with Crippen LogP contribution in [0, 0.1) is 10.1 Å². The van der Waals surface area contributed by atoms with Crippen molar-refractivity contribution in [2.75, 3.05) is 6.26 Å². The van der Waals surface area contributed by atoms with Crippen molar-refractivity contribution >= 4 is 11.8 Å². The summed E-state index contributed by atoms with van der Waals surface area (Å²) < 4.78 is 5.77. The molecule has 118 valence electrons. The molecule has 0 aliphatic carbocycles. The lowest BCUT2D eigenvalue weighted by Gasteiger charge is -2.24. The van der Waals surface area contributed by atoms with Crippen LogP contribution in [0.2, 0.25) is 0 Å². The van der Waals surface area contributed by atoms with E-state index >= 15 is 0 Å². The Morgan fingerprint density at radius 1 is 1.17 bits per heavy atom. The van der Waals surface area contributed by atoms with Crippen LogP contribution in [0.4, 0.5) is 0 Å². The van der Waals surface area contributed by atoms with E-state index in [2.05, 4.69) is 5.32 Å². The number of nitro groups is 1. The first-order chi connectivity index (χ1) is 11.2. The molecule has 0 radical (unpaired) electrons. The van der Waals surface area contributed by atoms with Crippen molar-refractivity contribution in [1.82, 2.24) is 5.32 Å². The van der Waals surface area contributed by atoms with Crippen LogP contribution < -0.4 is 10.1 Å². The minimum Gasteiger partial charge on any atom is -0.435 e. The van der Waals surface area contributed by atoms with Crippen molar-refractivity contribution in [3.05, 3.63) is 87.4 Å². The summed E-state index contributed by atoms with van der Waals surface area (Å²) in [5, 5.41) is 14.3. The van der Waals surface area contributed by atoms with Gasteiger partial charge in [0.25, 0.3) is 5.88 Å². The largest absolute Gasteiger partial charge is 0.435 e. The Kier molecular flexibility index (Phi) is 4.52. The third-order valence-electron chi connectivity index (χ3n) is 3.62. The van der Waals surface area contributed by atoms with Crippen LogP contribution in [-0.4, -0.2) is 11.2 Å². The summed E-state index contributed by atoms with van der Waals surface area (Å²) in [7, 11) is 0. The second kappa shape index (κ2) is 6.75. The summed E-state index contributed by atoms with van der Waals surface area (Å²) in [6, 6.07) is 17.1. The molecule has 5 nitrogen and oxygen atoms in total. The van der Waals surface area contributed by atoms with E-state index in [0.717, 1.165) is 11.1 Å². The Labute approximate surface area is 138 Å². The van der Waals surface area contributed by atoms with Crippen LogP contribution in [0.25, 0.3) is 0 Å². The molecule has 0 spiro atoms. The van der Waals surface area contributed by atoms with Gasteiger partial charge in [-0.15, -0.1) is 11.8 Å². The van der Waals surface area contributed by atoms with E-state index in [9.17, 15) is 10.1 Å². The number of fused-ring (bicyclic) bond motifs is 1. The maximum Gasteiger partial charge on any atom is 0.323 e. The molecule has 1 aliphatic rings. The predicted molar refractivity (Wildman–Crippen MR) is 90.6 cm³/mol. The number of hydrogen-bond acceptors (Lipinski definition) is 5. The van der Waals surface area contributed by atoms with Crippen molar-refractivity contribution in [2.24, 2.45) is 0 Å². The van der Waals surface area contributed by atoms with Gasteiger partial charge in [-0.25, -0.2) is 0 Å². The van der Waals surface area contributed by atoms with Gasteiger partial charge < -0.3 is 10.1 Å². The lowest BCUT2D eigenvalue weighted by atomic mass is 10.1. The van der Waals surface area contributed by atoms with Crippen molar-refractivity contribution in [3.63, 3.8) is 0 Å². The summed E-state index contributed by atoms with van der Waals surface area (Å²) in [6.45, 7) is 0.469. The normalized spacial score (nSPS) is 16.5. The first-order valence-corrected chi connectivity index (χ1v) is 8.45. The number of nitrogens with zero attached hydrogens (tertiary/aromatic N) is 1. The number of rotatable bonds is 5. The maximum atomic E-state index is 11.6. The summed E-state index contributed by atoms with van der Waals surface area (Å²) in [5.74, 6) is 0.880. The Hall–Kier alpha value is -2.47. The Morgan fingerprint density at radius 3 is 2.57 bits per heavy atom. The van der Waals surface area contributed by atoms with E-state index in [1.54, 1.807) is 0 Å². The molecule has 1 N–H and O–H groups in total. The highest BCUT2D eigenvalue weighted by Gasteiger charge is 2.37. The molecule has 3 rings (SSSR count). The molecule has 0 amide bonds. The van der Waals surface area contributed by atoms with Crippen molar-refractivity contribution in [3.8, 4) is 5.75 Å². The van der Waals surface area contributed by atoms with Gasteiger partial charge in [0.15, 0.2) is 0 Å². The van der Waals surface area contributed by atoms with E-state index in [1.807, 2.05) is 60.9 Å². The number of benzene rings is 2. The highest BCUT2D eigenvalue weighted by atomic mass is 32.2. The second-order valence-corrected chi connectivity index (χ2v) is 6.01. The first kappa shape index (κ1) is 15.4. The molecule has 2 aromatic rings. The van der Waals surface area contributed by atoms with Gasteiger partial charge in [0.2, 0.25) is 0 Å². The topological polar surface area (TPSA) is 64.4 Å².